The number of rotatable bonds is 24. The molecule has 6 aromatic carbocycles. The SMILES string of the molecule is CNC(CC(C)C)C(=O)NC1C(=O)NC(CC(N)=O)C(=O)NC2C(=O)NC3C(=O)NC(C(=O)NC(C(=O)NOCCN4CCOCC4)c4cc(O)cc(O)c4-c4cc3ccc4O)C(O)c3ccc(c(Cl)c3)Oc3cc2cc(c3OC2OC(CO)C(O)C(O)C2OC2CC(C)(NCCn3ccc(NC(=O)Cc4ccc(Cl)c(Cl)c4)nc3=O)C(O)C(C)O2)Oc2ccc(cc2Cl)C1O. The topological polar surface area (TPSA) is 594 Å². The van der Waals surface area contributed by atoms with Crippen LogP contribution in [0.15, 0.2) is 114 Å². The van der Waals surface area contributed by atoms with Crippen LogP contribution in [-0.4, -0.2) is 252 Å². The number of aliphatic hydroxyl groups is 6. The Labute approximate surface area is 767 Å². The molecule has 3 saturated heterocycles. The highest BCUT2D eigenvalue weighted by atomic mass is 35.5. The van der Waals surface area contributed by atoms with E-state index in [4.69, 9.17) is 90.1 Å². The van der Waals surface area contributed by atoms with Gasteiger partial charge in [0.2, 0.25) is 59.3 Å². The van der Waals surface area contributed by atoms with Gasteiger partial charge in [-0.25, -0.2) is 10.3 Å². The minimum Gasteiger partial charge on any atom is -0.508 e. The van der Waals surface area contributed by atoms with Crippen molar-refractivity contribution in [2.24, 2.45) is 11.7 Å². The number of nitrogens with two attached hydrogens (primary N) is 1. The summed E-state index contributed by atoms with van der Waals surface area (Å²) in [6.45, 7) is 7.63. The second-order valence-corrected chi connectivity index (χ2v) is 34.4. The molecule has 11 bridgehead atoms. The lowest BCUT2D eigenvalue weighted by Gasteiger charge is -2.48. The van der Waals surface area contributed by atoms with Gasteiger partial charge in [0.1, 0.15) is 101 Å². The number of morpholine rings is 1. The van der Waals surface area contributed by atoms with Crippen molar-refractivity contribution in [3.63, 3.8) is 0 Å². The predicted octanol–water partition coefficient (Wildman–Crippen LogP) is 1.78. The van der Waals surface area contributed by atoms with Crippen LogP contribution in [0.4, 0.5) is 5.82 Å². The maximum atomic E-state index is 16.4. The van der Waals surface area contributed by atoms with Gasteiger partial charge in [-0.1, -0.05) is 84.5 Å². The van der Waals surface area contributed by atoms with E-state index in [1.807, 2.05) is 18.7 Å². The Hall–Kier alpha value is -11.2. The number of aliphatic hydroxyl groups excluding tert-OH is 6. The number of primary amides is 1. The Balaban J connectivity index is 0.933. The number of fused-ring (bicyclic) bond motifs is 15. The number of aromatic hydroxyl groups is 3. The molecule has 7 aromatic rings. The molecule has 15 rings (SSSR count). The van der Waals surface area contributed by atoms with Crippen LogP contribution in [0.1, 0.15) is 111 Å². The molecule has 9 heterocycles. The normalized spacial score (nSPS) is 26.2. The summed E-state index contributed by atoms with van der Waals surface area (Å²) in [6.07, 6.45) is -18.3. The van der Waals surface area contributed by atoms with Gasteiger partial charge in [0.15, 0.2) is 23.9 Å². The van der Waals surface area contributed by atoms with E-state index in [0.717, 1.165) is 66.7 Å². The number of likely N-dealkylation sites (N-methyl/N-ethyl adjacent to an activating group) is 1. The summed E-state index contributed by atoms with van der Waals surface area (Å²) < 4.78 is 46.2. The molecule has 131 heavy (non-hydrogen) atoms. The summed E-state index contributed by atoms with van der Waals surface area (Å²) >= 11 is 26.6. The lowest BCUT2D eigenvalue weighted by atomic mass is 9.85. The second-order valence-electron chi connectivity index (χ2n) is 32.7. The van der Waals surface area contributed by atoms with Gasteiger partial charge in [0, 0.05) is 68.1 Å². The lowest BCUT2D eigenvalue weighted by Crippen LogP contribution is -2.65. The van der Waals surface area contributed by atoms with Crippen LogP contribution in [0, 0.1) is 5.92 Å². The van der Waals surface area contributed by atoms with Crippen molar-refractivity contribution in [2.45, 2.75) is 169 Å². The number of aromatic nitrogens is 2. The maximum absolute atomic E-state index is 16.4. The van der Waals surface area contributed by atoms with Crippen molar-refractivity contribution < 1.29 is 127 Å². The lowest BCUT2D eigenvalue weighted by molar-refractivity contribution is -0.334. The van der Waals surface area contributed by atoms with Crippen LogP contribution >= 0.6 is 46.4 Å². The van der Waals surface area contributed by atoms with Crippen LogP contribution in [0.25, 0.3) is 11.1 Å². The van der Waals surface area contributed by atoms with E-state index < -0.39 is 254 Å². The van der Waals surface area contributed by atoms with Gasteiger partial charge in [0.05, 0.1) is 77.6 Å². The number of amides is 9. The maximum Gasteiger partial charge on any atom is 0.349 e. The number of phenolic OH excluding ortho intramolecular Hbond substituents is 3. The number of halogens is 4. The molecule has 702 valence electrons. The van der Waals surface area contributed by atoms with E-state index in [-0.39, 0.29) is 84.7 Å². The zero-order valence-electron chi connectivity index (χ0n) is 70.8. The third kappa shape index (κ3) is 22.8. The van der Waals surface area contributed by atoms with Crippen molar-refractivity contribution in [1.82, 2.24) is 62.5 Å². The second kappa shape index (κ2) is 42.2. The Morgan fingerprint density at radius 1 is 0.695 bits per heavy atom. The molecule has 1 aromatic heterocycles. The number of benzene rings is 6. The smallest absolute Gasteiger partial charge is 0.349 e. The first-order chi connectivity index (χ1) is 62.3. The van der Waals surface area contributed by atoms with E-state index in [9.17, 15) is 69.9 Å². The first-order valence-electron chi connectivity index (χ1n) is 41.6. The first-order valence-corrected chi connectivity index (χ1v) is 43.1. The van der Waals surface area contributed by atoms with E-state index >= 15 is 24.0 Å². The highest BCUT2D eigenvalue weighted by Gasteiger charge is 2.52. The molecule has 3 fully saturated rings. The van der Waals surface area contributed by atoms with Gasteiger partial charge in [-0.2, -0.15) is 4.98 Å². The molecular formula is C86H98Cl4N14O27. The summed E-state index contributed by atoms with van der Waals surface area (Å²) in [6, 6.07) is 5.67. The molecule has 18 atom stereocenters. The summed E-state index contributed by atoms with van der Waals surface area (Å²) in [4.78, 5) is 159. The quantitative estimate of drug-likeness (QED) is 0.0303. The van der Waals surface area contributed by atoms with Gasteiger partial charge >= 0.3 is 5.69 Å². The molecule has 0 spiro atoms. The van der Waals surface area contributed by atoms with Crippen LogP contribution in [0.2, 0.25) is 20.1 Å². The number of carbonyl (C=O) groups is 9. The molecule has 0 saturated carbocycles. The molecule has 9 amide bonds. The number of phenols is 3. The Bertz CT molecular complexity index is 5540. The number of nitrogens with zero attached hydrogens (tertiary/aromatic N) is 3. The summed E-state index contributed by atoms with van der Waals surface area (Å²) in [5.74, 6) is -16.0. The predicted molar refractivity (Wildman–Crippen MR) is 464 cm³/mol. The fraction of sp³-hybridized carbons (Fsp3) is 0.430. The van der Waals surface area contributed by atoms with Crippen molar-refractivity contribution >= 4 is 105 Å². The number of ether oxygens (including phenoxy) is 7. The summed E-state index contributed by atoms with van der Waals surface area (Å²) in [5, 5.41) is 131. The molecule has 45 heteroatoms. The Morgan fingerprint density at radius 3 is 2.01 bits per heavy atom. The Morgan fingerprint density at radius 2 is 1.36 bits per heavy atom. The molecular weight excluding hydrogens is 1800 g/mol. The molecule has 0 radical (unpaired) electrons. The Kier molecular flexibility index (Phi) is 31.3. The highest BCUT2D eigenvalue weighted by molar-refractivity contribution is 6.42. The number of hydrogen-bond donors (Lipinski definition) is 20. The molecule has 18 unspecified atom stereocenters. The van der Waals surface area contributed by atoms with Crippen molar-refractivity contribution in [3.05, 3.63) is 173 Å². The zero-order chi connectivity index (χ0) is 94.3. The van der Waals surface area contributed by atoms with E-state index in [1.165, 1.54) is 55.1 Å². The monoisotopic (exact) mass is 1900 g/mol. The van der Waals surface area contributed by atoms with E-state index in [1.54, 1.807) is 13.0 Å². The summed E-state index contributed by atoms with van der Waals surface area (Å²) in [5.41, 5.74) is 3.80. The number of anilines is 1. The van der Waals surface area contributed by atoms with Crippen molar-refractivity contribution in [3.8, 4) is 57.1 Å². The standard InChI is InChI=1S/C86H98Cl4N14O27/c1-37(2)24-51(92-5)77(116)100-68-70(111)41-8-12-55(49(89)28-41)127-57-30-43-31-58(74(57)131-84-75(73(114)72(113)59(36-105)129-84)130-63-35-86(4,76(115)38(3)126-63)93-15-17-104-16-14-61(96-85(104)123)95-62(110)26-39-6-10-47(87)48(88)25-39)128-56-13-9-42(29-50(56)90)71(112)69-82(121)99-67(83(122)102-125-23-20-103-18-21-124-22-19-103)46-32-44(106)33-54(108)64(46)45-27-40(7-11-53(45)107)65(79(118)101-69)98-80(119)66(43)97-78(117)52(34-60(91)109)94-81(68)120/h6-14,16,25,27-33,37-38,51-52,59,63,65-73,75-76,84,92-93,105-108,111-115H,15,17-24,26,34-36H2,1-5H3,(H2,91,109)(H,94,120)(H,97,117)(H,98,119)(H,99,121)(H,100,116)(H,101,118)(H,102,122)(H,95,96,110,123). The molecule has 21 N–H and O–H groups in total. The molecule has 41 nitrogen and oxygen atoms in total. The van der Waals surface area contributed by atoms with Crippen LogP contribution in [0.3, 0.4) is 0 Å². The van der Waals surface area contributed by atoms with E-state index in [2.05, 4.69) is 58.3 Å². The van der Waals surface area contributed by atoms with Gasteiger partial charge in [-0.3, -0.25) is 57.5 Å². The minimum atomic E-state index is -2.40. The average molecular weight is 1900 g/mol. The van der Waals surface area contributed by atoms with E-state index in [0.29, 0.717) is 36.9 Å². The van der Waals surface area contributed by atoms with Gasteiger partial charge < -0.3 is 133 Å². The molecule has 0 aliphatic carbocycles. The van der Waals surface area contributed by atoms with Gasteiger partial charge in [0.25, 0.3) is 5.91 Å². The summed E-state index contributed by atoms with van der Waals surface area (Å²) in [7, 11) is 1.47. The van der Waals surface area contributed by atoms with Crippen LogP contribution < -0.4 is 79.0 Å². The largest absolute Gasteiger partial charge is 0.508 e. The average Bonchev–Trinajstić information content (AvgIpc) is 0.763. The third-order valence-electron chi connectivity index (χ3n) is 22.9. The fourth-order valence-electron chi connectivity index (χ4n) is 16.0. The minimum absolute atomic E-state index is 0.0417. The van der Waals surface area contributed by atoms with Crippen LogP contribution in [-0.2, 0) is 79.9 Å². The number of nitrogens with one attached hydrogen (secondary N) is 10. The zero-order valence-corrected chi connectivity index (χ0v) is 73.8. The highest BCUT2D eigenvalue weighted by Crippen LogP contribution is 2.50. The number of hydrogen-bond acceptors (Lipinski definition) is 31. The van der Waals surface area contributed by atoms with Gasteiger partial charge in [-0.05, 0) is 139 Å². The first kappa shape index (κ1) is 97.4. The van der Waals surface area contributed by atoms with Crippen molar-refractivity contribution in [1.29, 1.82) is 0 Å². The number of hydroxylamine groups is 1. The third-order valence-corrected chi connectivity index (χ3v) is 24.2. The van der Waals surface area contributed by atoms with Gasteiger partial charge in [-0.15, -0.1) is 0 Å². The van der Waals surface area contributed by atoms with Crippen molar-refractivity contribution in [2.75, 3.05) is 65.0 Å². The number of carbonyl (C=O) groups excluding carboxylic acids is 9. The van der Waals surface area contributed by atoms with Crippen LogP contribution in [0.5, 0.6) is 46.0 Å². The molecule has 8 aliphatic heterocycles. The fourth-order valence-corrected chi connectivity index (χ4v) is 16.8. The molecule has 8 aliphatic rings.